The summed E-state index contributed by atoms with van der Waals surface area (Å²) in [7, 11) is 1.85. The molecule has 1 saturated carbocycles. The van der Waals surface area contributed by atoms with Crippen LogP contribution in [0, 0.1) is 22.7 Å². The minimum Gasteiger partial charge on any atom is -0.385 e. The standard InChI is InChI=1S/C13H19N3O/c1-10-4-3-5-13(6-10,8-14)12(17)11-7-15-9-16(11)2/h7,9-10,12,17H,3-6H2,1-2H3. The molecule has 4 nitrogen and oxygen atoms in total. The van der Waals surface area contributed by atoms with Crippen molar-refractivity contribution in [3.05, 3.63) is 18.2 Å². The van der Waals surface area contributed by atoms with Gasteiger partial charge >= 0.3 is 0 Å². The number of nitrogens with zero attached hydrogens (tertiary/aromatic N) is 3. The molecular formula is C13H19N3O. The fourth-order valence-electron chi connectivity index (χ4n) is 2.92. The van der Waals surface area contributed by atoms with Crippen LogP contribution in [0.4, 0.5) is 0 Å². The third kappa shape index (κ3) is 2.07. The molecule has 0 saturated heterocycles. The first-order valence-corrected chi connectivity index (χ1v) is 6.14. The van der Waals surface area contributed by atoms with Gasteiger partial charge in [-0.15, -0.1) is 0 Å². The van der Waals surface area contributed by atoms with Gasteiger partial charge in [-0.3, -0.25) is 0 Å². The van der Waals surface area contributed by atoms with Crippen LogP contribution in [0.5, 0.6) is 0 Å². The summed E-state index contributed by atoms with van der Waals surface area (Å²) in [6.07, 6.45) is 6.31. The van der Waals surface area contributed by atoms with Gasteiger partial charge in [-0.2, -0.15) is 5.26 Å². The van der Waals surface area contributed by atoms with Gasteiger partial charge in [-0.1, -0.05) is 19.8 Å². The Kier molecular flexibility index (Phi) is 3.21. The van der Waals surface area contributed by atoms with Gasteiger partial charge < -0.3 is 9.67 Å². The molecule has 4 heteroatoms. The Balaban J connectivity index is 2.30. The van der Waals surface area contributed by atoms with Crippen LogP contribution in [0.1, 0.15) is 44.4 Å². The average Bonchev–Trinajstić information content (AvgIpc) is 2.74. The predicted octanol–water partition coefficient (Wildman–Crippen LogP) is 2.17. The maximum absolute atomic E-state index is 10.5. The van der Waals surface area contributed by atoms with E-state index < -0.39 is 11.5 Å². The first-order valence-electron chi connectivity index (χ1n) is 6.14. The van der Waals surface area contributed by atoms with Crippen molar-refractivity contribution in [1.29, 1.82) is 5.26 Å². The second kappa shape index (κ2) is 4.50. The van der Waals surface area contributed by atoms with E-state index in [1.54, 1.807) is 17.1 Å². The molecule has 0 aliphatic heterocycles. The first kappa shape index (κ1) is 12.1. The molecule has 1 fully saturated rings. The highest BCUT2D eigenvalue weighted by Gasteiger charge is 2.43. The molecule has 1 aliphatic carbocycles. The van der Waals surface area contributed by atoms with Gasteiger partial charge in [0.05, 0.1) is 29.7 Å². The van der Waals surface area contributed by atoms with Gasteiger partial charge in [-0.05, 0) is 18.8 Å². The highest BCUT2D eigenvalue weighted by atomic mass is 16.3. The Labute approximate surface area is 102 Å². The Morgan fingerprint density at radius 3 is 3.00 bits per heavy atom. The van der Waals surface area contributed by atoms with Gasteiger partial charge in [0.25, 0.3) is 0 Å². The van der Waals surface area contributed by atoms with Crippen LogP contribution in [0.3, 0.4) is 0 Å². The van der Waals surface area contributed by atoms with Crippen molar-refractivity contribution in [1.82, 2.24) is 9.55 Å². The second-order valence-corrected chi connectivity index (χ2v) is 5.30. The lowest BCUT2D eigenvalue weighted by Crippen LogP contribution is -2.33. The summed E-state index contributed by atoms with van der Waals surface area (Å²) in [5, 5.41) is 20.0. The number of hydrogen-bond acceptors (Lipinski definition) is 3. The quantitative estimate of drug-likeness (QED) is 0.851. The van der Waals surface area contributed by atoms with E-state index in [-0.39, 0.29) is 0 Å². The van der Waals surface area contributed by atoms with Crippen LogP contribution >= 0.6 is 0 Å². The fourth-order valence-corrected chi connectivity index (χ4v) is 2.92. The first-order chi connectivity index (χ1) is 8.09. The lowest BCUT2D eigenvalue weighted by atomic mass is 9.67. The third-order valence-electron chi connectivity index (χ3n) is 3.91. The molecule has 17 heavy (non-hydrogen) atoms. The van der Waals surface area contributed by atoms with E-state index in [4.69, 9.17) is 0 Å². The lowest BCUT2D eigenvalue weighted by molar-refractivity contribution is 0.0171. The second-order valence-electron chi connectivity index (χ2n) is 5.30. The van der Waals surface area contributed by atoms with Crippen LogP contribution in [0.15, 0.2) is 12.5 Å². The van der Waals surface area contributed by atoms with Crippen LogP contribution in [-0.2, 0) is 7.05 Å². The van der Waals surface area contributed by atoms with E-state index in [0.717, 1.165) is 31.4 Å². The van der Waals surface area contributed by atoms with E-state index in [2.05, 4.69) is 18.0 Å². The number of aliphatic hydroxyl groups excluding tert-OH is 1. The lowest BCUT2D eigenvalue weighted by Gasteiger charge is -2.37. The summed E-state index contributed by atoms with van der Waals surface area (Å²) in [5.41, 5.74) is 0.103. The average molecular weight is 233 g/mol. The van der Waals surface area contributed by atoms with Crippen LogP contribution in [-0.4, -0.2) is 14.7 Å². The molecule has 1 aromatic heterocycles. The molecule has 2 rings (SSSR count). The van der Waals surface area contributed by atoms with Crippen molar-refractivity contribution >= 4 is 0 Å². The number of rotatable bonds is 2. The Morgan fingerprint density at radius 1 is 1.71 bits per heavy atom. The van der Waals surface area contributed by atoms with Gasteiger partial charge in [-0.25, -0.2) is 4.98 Å². The zero-order chi connectivity index (χ0) is 12.5. The van der Waals surface area contributed by atoms with Crippen molar-refractivity contribution < 1.29 is 5.11 Å². The van der Waals surface area contributed by atoms with Crippen molar-refractivity contribution in [3.63, 3.8) is 0 Å². The van der Waals surface area contributed by atoms with Crippen molar-refractivity contribution in [2.75, 3.05) is 0 Å². The SMILES string of the molecule is CC1CCCC(C#N)(C(O)c2cncn2C)C1. The fraction of sp³-hybridized carbons (Fsp3) is 0.692. The topological polar surface area (TPSA) is 61.8 Å². The molecule has 1 aliphatic rings. The van der Waals surface area contributed by atoms with Crippen molar-refractivity contribution in [2.45, 2.75) is 38.7 Å². The number of nitriles is 1. The van der Waals surface area contributed by atoms with E-state index in [9.17, 15) is 10.4 Å². The molecule has 0 bridgehead atoms. The number of hydrogen-bond donors (Lipinski definition) is 1. The number of aliphatic hydroxyl groups is 1. The van der Waals surface area contributed by atoms with Gasteiger partial charge in [0, 0.05) is 7.05 Å². The minimum atomic E-state index is -0.734. The summed E-state index contributed by atoms with van der Waals surface area (Å²) in [4.78, 5) is 4.02. The maximum Gasteiger partial charge on any atom is 0.114 e. The summed E-state index contributed by atoms with van der Waals surface area (Å²) >= 11 is 0. The van der Waals surface area contributed by atoms with Crippen LogP contribution in [0.25, 0.3) is 0 Å². The molecule has 0 aromatic carbocycles. The number of aryl methyl sites for hydroxylation is 1. The van der Waals surface area contributed by atoms with Crippen LogP contribution < -0.4 is 0 Å². The summed E-state index contributed by atoms with van der Waals surface area (Å²) < 4.78 is 1.79. The van der Waals surface area contributed by atoms with Gasteiger partial charge in [0.1, 0.15) is 6.10 Å². The molecule has 0 spiro atoms. The summed E-state index contributed by atoms with van der Waals surface area (Å²) in [6, 6.07) is 2.37. The Morgan fingerprint density at radius 2 is 2.47 bits per heavy atom. The minimum absolute atomic E-state index is 0.506. The molecule has 3 unspecified atom stereocenters. The normalized spacial score (nSPS) is 30.8. The van der Waals surface area contributed by atoms with E-state index in [0.29, 0.717) is 5.92 Å². The summed E-state index contributed by atoms with van der Waals surface area (Å²) in [5.74, 6) is 0.506. The Bertz CT molecular complexity index is 434. The molecule has 0 radical (unpaired) electrons. The van der Waals surface area contributed by atoms with Crippen molar-refractivity contribution in [2.24, 2.45) is 18.4 Å². The molecular weight excluding hydrogens is 214 g/mol. The molecule has 1 heterocycles. The smallest absolute Gasteiger partial charge is 0.114 e. The van der Waals surface area contributed by atoms with E-state index in [1.165, 1.54) is 0 Å². The van der Waals surface area contributed by atoms with Gasteiger partial charge in [0.15, 0.2) is 0 Å². The Hall–Kier alpha value is -1.34. The molecule has 3 atom stereocenters. The molecule has 1 aromatic rings. The third-order valence-corrected chi connectivity index (χ3v) is 3.91. The van der Waals surface area contributed by atoms with E-state index >= 15 is 0 Å². The number of aromatic nitrogens is 2. The number of imidazole rings is 1. The maximum atomic E-state index is 10.5. The van der Waals surface area contributed by atoms with Gasteiger partial charge in [0.2, 0.25) is 0 Å². The monoisotopic (exact) mass is 233 g/mol. The zero-order valence-corrected chi connectivity index (χ0v) is 10.4. The largest absolute Gasteiger partial charge is 0.385 e. The zero-order valence-electron chi connectivity index (χ0n) is 10.4. The van der Waals surface area contributed by atoms with Crippen LogP contribution in [0.2, 0.25) is 0 Å². The van der Waals surface area contributed by atoms with E-state index in [1.807, 2.05) is 7.05 Å². The molecule has 1 N–H and O–H groups in total. The molecule has 92 valence electrons. The predicted molar refractivity (Wildman–Crippen MR) is 63.8 cm³/mol. The molecule has 0 amide bonds. The highest BCUT2D eigenvalue weighted by molar-refractivity contribution is 5.15. The summed E-state index contributed by atoms with van der Waals surface area (Å²) in [6.45, 7) is 2.15. The van der Waals surface area contributed by atoms with Crippen molar-refractivity contribution in [3.8, 4) is 6.07 Å². The highest BCUT2D eigenvalue weighted by Crippen LogP contribution is 2.47.